The number of allylic oxidation sites excluding steroid dienone is 1. The van der Waals surface area contributed by atoms with E-state index in [4.69, 9.17) is 9.47 Å². The number of carbonyl (C=O) groups is 2. The lowest BCUT2D eigenvalue weighted by Crippen LogP contribution is -2.40. The van der Waals surface area contributed by atoms with Crippen molar-refractivity contribution in [2.24, 2.45) is 4.99 Å². The Balaban J connectivity index is 1.95. The largest absolute Gasteiger partial charge is 0.465 e. The molecule has 0 spiro atoms. The third kappa shape index (κ3) is 4.48. The zero-order valence-electron chi connectivity index (χ0n) is 19.6. The van der Waals surface area contributed by atoms with Crippen LogP contribution in [0, 0.1) is 10.1 Å². The van der Waals surface area contributed by atoms with E-state index in [2.05, 4.69) is 4.99 Å². The molecule has 4 rings (SSSR count). The Bertz CT molecular complexity index is 1580. The molecule has 2 aromatic carbocycles. The molecule has 10 nitrogen and oxygen atoms in total. The van der Waals surface area contributed by atoms with Crippen LogP contribution in [0.2, 0.25) is 0 Å². The number of hydrogen-bond acceptors (Lipinski definition) is 9. The van der Waals surface area contributed by atoms with E-state index in [-0.39, 0.29) is 28.0 Å². The second-order valence-corrected chi connectivity index (χ2v) is 8.74. The number of esters is 2. The van der Waals surface area contributed by atoms with Crippen LogP contribution in [0.3, 0.4) is 0 Å². The van der Waals surface area contributed by atoms with Crippen molar-refractivity contribution < 1.29 is 24.0 Å². The summed E-state index contributed by atoms with van der Waals surface area (Å²) < 4.78 is 11.6. The van der Waals surface area contributed by atoms with Crippen LogP contribution in [-0.4, -0.2) is 35.1 Å². The van der Waals surface area contributed by atoms with Gasteiger partial charge in [0.2, 0.25) is 0 Å². The van der Waals surface area contributed by atoms with E-state index in [0.717, 1.165) is 11.3 Å². The summed E-state index contributed by atoms with van der Waals surface area (Å²) >= 11 is 1.06. The molecule has 0 aliphatic carbocycles. The van der Waals surface area contributed by atoms with Crippen LogP contribution in [0.1, 0.15) is 41.4 Å². The van der Waals surface area contributed by atoms with E-state index < -0.39 is 28.5 Å². The third-order valence-electron chi connectivity index (χ3n) is 5.58. The second kappa shape index (κ2) is 10.1. The third-order valence-corrected chi connectivity index (χ3v) is 6.57. The van der Waals surface area contributed by atoms with Gasteiger partial charge >= 0.3 is 11.9 Å². The molecule has 11 heteroatoms. The van der Waals surface area contributed by atoms with Gasteiger partial charge in [0.1, 0.15) is 0 Å². The number of nitro groups is 1. The molecule has 0 N–H and O–H groups in total. The van der Waals surface area contributed by atoms with E-state index in [1.165, 1.54) is 23.8 Å². The van der Waals surface area contributed by atoms with Gasteiger partial charge in [0.05, 0.1) is 51.6 Å². The maximum Gasteiger partial charge on any atom is 0.338 e. The Kier molecular flexibility index (Phi) is 6.93. The maximum atomic E-state index is 13.6. The highest BCUT2D eigenvalue weighted by atomic mass is 32.1. The topological polar surface area (TPSA) is 130 Å². The molecule has 3 aromatic rings. The van der Waals surface area contributed by atoms with Crippen LogP contribution in [0.25, 0.3) is 6.08 Å². The molecule has 1 aromatic heterocycles. The van der Waals surface area contributed by atoms with Crippen LogP contribution < -0.4 is 14.9 Å². The number of para-hydroxylation sites is 1. The van der Waals surface area contributed by atoms with Gasteiger partial charge in [0.15, 0.2) is 4.80 Å². The Morgan fingerprint density at radius 1 is 1.17 bits per heavy atom. The lowest BCUT2D eigenvalue weighted by atomic mass is 9.95. The molecule has 1 aliphatic rings. The lowest BCUT2D eigenvalue weighted by Gasteiger charge is -2.24. The number of thiazole rings is 1. The predicted molar refractivity (Wildman–Crippen MR) is 131 cm³/mol. The number of ether oxygens (including phenoxy) is 2. The Hall–Kier alpha value is -4.38. The molecule has 0 bridgehead atoms. The smallest absolute Gasteiger partial charge is 0.338 e. The van der Waals surface area contributed by atoms with Crippen LogP contribution in [0.15, 0.2) is 69.6 Å². The maximum absolute atomic E-state index is 13.6. The molecule has 1 aliphatic heterocycles. The van der Waals surface area contributed by atoms with Crippen molar-refractivity contribution in [3.8, 4) is 0 Å². The van der Waals surface area contributed by atoms with Gasteiger partial charge in [-0.05, 0) is 43.7 Å². The zero-order chi connectivity index (χ0) is 26.0. The van der Waals surface area contributed by atoms with E-state index in [9.17, 15) is 24.5 Å². The van der Waals surface area contributed by atoms with Gasteiger partial charge in [-0.25, -0.2) is 14.6 Å². The van der Waals surface area contributed by atoms with Gasteiger partial charge in [-0.3, -0.25) is 19.5 Å². The molecule has 0 fully saturated rings. The van der Waals surface area contributed by atoms with Crippen molar-refractivity contribution in [2.75, 3.05) is 13.7 Å². The molecule has 184 valence electrons. The van der Waals surface area contributed by atoms with Gasteiger partial charge in [0.25, 0.3) is 11.2 Å². The number of hydrogen-bond donors (Lipinski definition) is 0. The van der Waals surface area contributed by atoms with Crippen molar-refractivity contribution in [3.63, 3.8) is 0 Å². The van der Waals surface area contributed by atoms with E-state index >= 15 is 0 Å². The molecular weight excluding hydrogens is 486 g/mol. The molecular formula is C25H21N3O7S. The summed E-state index contributed by atoms with van der Waals surface area (Å²) in [6.07, 6.45) is 1.45. The number of carbonyl (C=O) groups excluding carboxylic acids is 2. The standard InChI is InChI=1S/C25H21N3O7S/c1-4-35-24(31)20-14(2)26-25-27(21(20)15-9-11-16(12-10-15)23(30)34-3)22(29)19(36-25)13-17-7-5-6-8-18(17)28(32)33/h5-13,21H,4H2,1-3H3/b19-13+/t21-/m0/s1. The molecule has 0 saturated carbocycles. The molecule has 0 amide bonds. The number of nitro benzene ring substituents is 1. The number of benzene rings is 2. The fourth-order valence-electron chi connectivity index (χ4n) is 3.94. The monoisotopic (exact) mass is 507 g/mol. The fraction of sp³-hybridized carbons (Fsp3) is 0.200. The van der Waals surface area contributed by atoms with Crippen LogP contribution in [-0.2, 0) is 14.3 Å². The molecule has 1 atom stereocenters. The normalized spacial score (nSPS) is 15.2. The Labute approximate surface area is 208 Å². The van der Waals surface area contributed by atoms with Gasteiger partial charge in [-0.2, -0.15) is 0 Å². The summed E-state index contributed by atoms with van der Waals surface area (Å²) in [6.45, 7) is 3.46. The minimum absolute atomic E-state index is 0.131. The number of methoxy groups -OCH3 is 1. The van der Waals surface area contributed by atoms with Crippen molar-refractivity contribution >= 4 is 35.0 Å². The van der Waals surface area contributed by atoms with Crippen molar-refractivity contribution in [2.45, 2.75) is 19.9 Å². The Morgan fingerprint density at radius 2 is 1.86 bits per heavy atom. The highest BCUT2D eigenvalue weighted by Gasteiger charge is 2.33. The first-order chi connectivity index (χ1) is 17.3. The summed E-state index contributed by atoms with van der Waals surface area (Å²) in [5.74, 6) is -1.14. The minimum Gasteiger partial charge on any atom is -0.465 e. The van der Waals surface area contributed by atoms with Crippen LogP contribution in [0.5, 0.6) is 0 Å². The van der Waals surface area contributed by atoms with Crippen LogP contribution >= 0.6 is 11.3 Å². The Morgan fingerprint density at radius 3 is 2.50 bits per heavy atom. The van der Waals surface area contributed by atoms with E-state index in [1.807, 2.05) is 0 Å². The average molecular weight is 508 g/mol. The average Bonchev–Trinajstić information content (AvgIpc) is 3.17. The van der Waals surface area contributed by atoms with Gasteiger partial charge < -0.3 is 9.47 Å². The second-order valence-electron chi connectivity index (χ2n) is 7.73. The summed E-state index contributed by atoms with van der Waals surface area (Å²) in [5.41, 5.74) is 1.10. The highest BCUT2D eigenvalue weighted by Crippen LogP contribution is 2.31. The molecule has 36 heavy (non-hydrogen) atoms. The number of aromatic nitrogens is 1. The van der Waals surface area contributed by atoms with Crippen molar-refractivity contribution in [1.82, 2.24) is 4.57 Å². The predicted octanol–water partition coefficient (Wildman–Crippen LogP) is 2.49. The summed E-state index contributed by atoms with van der Waals surface area (Å²) in [4.78, 5) is 54.2. The summed E-state index contributed by atoms with van der Waals surface area (Å²) in [6, 6.07) is 11.6. The quantitative estimate of drug-likeness (QED) is 0.285. The summed E-state index contributed by atoms with van der Waals surface area (Å²) in [5, 5.41) is 11.4. The van der Waals surface area contributed by atoms with Gasteiger partial charge in [-0.15, -0.1) is 0 Å². The lowest BCUT2D eigenvalue weighted by molar-refractivity contribution is -0.385. The van der Waals surface area contributed by atoms with Crippen LogP contribution in [0.4, 0.5) is 5.69 Å². The molecule has 0 saturated heterocycles. The minimum atomic E-state index is -0.875. The zero-order valence-corrected chi connectivity index (χ0v) is 20.4. The fourth-order valence-corrected chi connectivity index (χ4v) is 4.98. The molecule has 2 heterocycles. The van der Waals surface area contributed by atoms with E-state index in [0.29, 0.717) is 21.6 Å². The summed E-state index contributed by atoms with van der Waals surface area (Å²) in [7, 11) is 1.27. The first-order valence-corrected chi connectivity index (χ1v) is 11.7. The van der Waals surface area contributed by atoms with E-state index in [1.54, 1.807) is 56.3 Å². The number of fused-ring (bicyclic) bond motifs is 1. The van der Waals surface area contributed by atoms with Crippen molar-refractivity contribution in [1.29, 1.82) is 0 Å². The SMILES string of the molecule is CCOC(=O)C1=C(C)N=c2s/c(=C/c3ccccc3[N+](=O)[O-])c(=O)n2[C@H]1c1ccc(C(=O)OC)cc1. The highest BCUT2D eigenvalue weighted by molar-refractivity contribution is 7.07. The first kappa shape index (κ1) is 24.7. The van der Waals surface area contributed by atoms with Gasteiger partial charge in [-0.1, -0.05) is 35.6 Å². The van der Waals surface area contributed by atoms with Crippen molar-refractivity contribution in [3.05, 3.63) is 106 Å². The molecule has 0 radical (unpaired) electrons. The van der Waals surface area contributed by atoms with Gasteiger partial charge in [0, 0.05) is 6.07 Å². The molecule has 0 unspecified atom stereocenters. The first-order valence-electron chi connectivity index (χ1n) is 10.9. The number of rotatable bonds is 6. The number of nitrogens with zero attached hydrogens (tertiary/aromatic N) is 3.